The zero-order chi connectivity index (χ0) is 25.6. The molecular weight excluding hydrogens is 501 g/mol. The van der Waals surface area contributed by atoms with E-state index in [0.717, 1.165) is 25.0 Å². The molecule has 0 unspecified atom stereocenters. The van der Waals surface area contributed by atoms with Crippen LogP contribution in [0.15, 0.2) is 47.4 Å². The summed E-state index contributed by atoms with van der Waals surface area (Å²) in [5.41, 5.74) is -0.179. The largest absolute Gasteiger partial charge is 0.493 e. The number of benzene rings is 2. The first-order valence-corrected chi connectivity index (χ1v) is 11.9. The lowest BCUT2D eigenvalue weighted by molar-refractivity contribution is -0.137. The second kappa shape index (κ2) is 11.6. The van der Waals surface area contributed by atoms with E-state index < -0.39 is 24.3 Å². The highest BCUT2D eigenvalue weighted by Crippen LogP contribution is 2.35. The smallest absolute Gasteiger partial charge is 0.416 e. The number of carbonyl (C=O) groups excluding carboxylic acids is 2. The molecule has 6 nitrogen and oxygen atoms in total. The molecular formula is C24H23F3N2O4S2. The highest BCUT2D eigenvalue weighted by molar-refractivity contribution is 8.26. The third-order valence-corrected chi connectivity index (χ3v) is 6.30. The number of nitrogens with one attached hydrogen (secondary N) is 1. The van der Waals surface area contributed by atoms with Gasteiger partial charge in [0.25, 0.3) is 11.8 Å². The Morgan fingerprint density at radius 2 is 1.97 bits per heavy atom. The molecule has 3 rings (SSSR count). The maximum atomic E-state index is 12.8. The van der Waals surface area contributed by atoms with Crippen molar-refractivity contribution < 1.29 is 32.2 Å². The van der Waals surface area contributed by atoms with Crippen molar-refractivity contribution in [2.45, 2.75) is 25.9 Å². The number of hydrogen-bond acceptors (Lipinski definition) is 6. The van der Waals surface area contributed by atoms with Crippen molar-refractivity contribution in [1.82, 2.24) is 4.90 Å². The summed E-state index contributed by atoms with van der Waals surface area (Å²) >= 11 is 6.55. The summed E-state index contributed by atoms with van der Waals surface area (Å²) in [5, 5.41) is 2.38. The van der Waals surface area contributed by atoms with Crippen LogP contribution in [0.3, 0.4) is 0 Å². The minimum Gasteiger partial charge on any atom is -0.493 e. The van der Waals surface area contributed by atoms with Gasteiger partial charge in [0.1, 0.15) is 4.32 Å². The monoisotopic (exact) mass is 524 g/mol. The molecule has 0 spiro atoms. The fourth-order valence-corrected chi connectivity index (χ4v) is 4.48. The van der Waals surface area contributed by atoms with Crippen LogP contribution in [0, 0.1) is 0 Å². The molecule has 0 aromatic heterocycles. The van der Waals surface area contributed by atoms with E-state index >= 15 is 0 Å². The van der Waals surface area contributed by atoms with E-state index in [1.165, 1.54) is 31.0 Å². The number of thiocarbonyl (C=S) groups is 1. The number of rotatable bonds is 9. The van der Waals surface area contributed by atoms with Crippen molar-refractivity contribution in [2.24, 2.45) is 0 Å². The second-order valence-electron chi connectivity index (χ2n) is 7.51. The average molecular weight is 525 g/mol. The Balaban J connectivity index is 1.65. The molecule has 0 saturated carbocycles. The number of amides is 2. The fourth-order valence-electron chi connectivity index (χ4n) is 3.17. The Morgan fingerprint density at radius 3 is 2.66 bits per heavy atom. The van der Waals surface area contributed by atoms with Gasteiger partial charge in [0.2, 0.25) is 0 Å². The van der Waals surface area contributed by atoms with Crippen molar-refractivity contribution in [2.75, 3.05) is 25.6 Å². The van der Waals surface area contributed by atoms with Crippen LogP contribution < -0.4 is 14.8 Å². The van der Waals surface area contributed by atoms with Gasteiger partial charge in [-0.2, -0.15) is 13.2 Å². The Hall–Kier alpha value is -3.05. The van der Waals surface area contributed by atoms with Crippen molar-refractivity contribution >= 4 is 51.9 Å². The first-order valence-electron chi connectivity index (χ1n) is 10.7. The Bertz CT molecular complexity index is 1150. The minimum absolute atomic E-state index is 0.00647. The van der Waals surface area contributed by atoms with Gasteiger partial charge in [-0.3, -0.25) is 14.5 Å². The fraction of sp³-hybridized carbons (Fsp3) is 0.292. The van der Waals surface area contributed by atoms with Gasteiger partial charge in [0.15, 0.2) is 18.1 Å². The van der Waals surface area contributed by atoms with E-state index in [0.29, 0.717) is 27.1 Å². The summed E-state index contributed by atoms with van der Waals surface area (Å²) < 4.78 is 49.9. The molecule has 0 aliphatic carbocycles. The maximum Gasteiger partial charge on any atom is 0.416 e. The van der Waals surface area contributed by atoms with E-state index in [-0.39, 0.29) is 17.3 Å². The molecule has 1 fully saturated rings. The summed E-state index contributed by atoms with van der Waals surface area (Å²) in [6.07, 6.45) is -0.993. The average Bonchev–Trinajstić information content (AvgIpc) is 3.08. The summed E-state index contributed by atoms with van der Waals surface area (Å²) in [5.74, 6) is -0.184. The Labute approximate surface area is 210 Å². The molecule has 1 N–H and O–H groups in total. The molecule has 2 amide bonds. The lowest BCUT2D eigenvalue weighted by Gasteiger charge is -2.13. The van der Waals surface area contributed by atoms with E-state index in [2.05, 4.69) is 5.32 Å². The third kappa shape index (κ3) is 6.98. The number of thioether (sulfide) groups is 1. The van der Waals surface area contributed by atoms with Crippen molar-refractivity contribution in [3.05, 3.63) is 58.5 Å². The number of ether oxygens (including phenoxy) is 2. The van der Waals surface area contributed by atoms with Gasteiger partial charge in [-0.15, -0.1) is 0 Å². The van der Waals surface area contributed by atoms with Crippen LogP contribution in [0.5, 0.6) is 11.5 Å². The quantitative estimate of drug-likeness (QED) is 0.334. The number of unbranched alkanes of at least 4 members (excludes halogenated alkanes) is 1. The maximum absolute atomic E-state index is 12.8. The second-order valence-corrected chi connectivity index (χ2v) is 9.19. The van der Waals surface area contributed by atoms with Crippen LogP contribution in [0.25, 0.3) is 6.08 Å². The molecule has 1 heterocycles. The third-order valence-electron chi connectivity index (χ3n) is 4.93. The van der Waals surface area contributed by atoms with E-state index in [1.807, 2.05) is 6.92 Å². The van der Waals surface area contributed by atoms with Gasteiger partial charge >= 0.3 is 6.18 Å². The summed E-state index contributed by atoms with van der Waals surface area (Å²) in [6, 6.07) is 9.26. The molecule has 0 radical (unpaired) electrons. The standard InChI is InChI=1S/C24H23F3N2O4S2/c1-3-4-10-29-22(31)20(35-23(29)34)12-15-8-9-18(19(11-15)32-2)33-14-21(30)28-17-7-5-6-16(13-17)24(25,26)27/h5-9,11-13H,3-4,10,14H2,1-2H3,(H,28,30)/b20-12-. The first kappa shape index (κ1) is 26.6. The van der Waals surface area contributed by atoms with Gasteiger partial charge in [-0.05, 0) is 48.4 Å². The summed E-state index contributed by atoms with van der Waals surface area (Å²) in [7, 11) is 1.43. The highest BCUT2D eigenvalue weighted by Gasteiger charge is 2.32. The van der Waals surface area contributed by atoms with Crippen molar-refractivity contribution in [1.29, 1.82) is 0 Å². The SMILES string of the molecule is CCCCN1C(=O)/C(=C/c2ccc(OCC(=O)Nc3cccc(C(F)(F)F)c3)c(OC)c2)SC1=S. The van der Waals surface area contributed by atoms with Gasteiger partial charge in [0.05, 0.1) is 17.6 Å². The Kier molecular flexibility index (Phi) is 8.79. The molecule has 2 aromatic rings. The number of alkyl halides is 3. The summed E-state index contributed by atoms with van der Waals surface area (Å²) in [4.78, 5) is 26.9. The van der Waals surface area contributed by atoms with E-state index in [4.69, 9.17) is 21.7 Å². The van der Waals surface area contributed by atoms with Crippen LogP contribution in [0.1, 0.15) is 30.9 Å². The first-order chi connectivity index (χ1) is 16.6. The zero-order valence-electron chi connectivity index (χ0n) is 19.0. The van der Waals surface area contributed by atoms with Crippen molar-refractivity contribution in [3.8, 4) is 11.5 Å². The topological polar surface area (TPSA) is 67.9 Å². The number of methoxy groups -OCH3 is 1. The lowest BCUT2D eigenvalue weighted by Crippen LogP contribution is -2.28. The van der Waals surface area contributed by atoms with E-state index in [1.54, 1.807) is 29.2 Å². The van der Waals surface area contributed by atoms with Gasteiger partial charge in [-0.25, -0.2) is 0 Å². The van der Waals surface area contributed by atoms with Crippen LogP contribution in [0.2, 0.25) is 0 Å². The van der Waals surface area contributed by atoms with Gasteiger partial charge in [0, 0.05) is 12.2 Å². The molecule has 1 aliphatic rings. The molecule has 186 valence electrons. The number of halogens is 3. The zero-order valence-corrected chi connectivity index (χ0v) is 20.6. The molecule has 0 atom stereocenters. The molecule has 35 heavy (non-hydrogen) atoms. The molecule has 11 heteroatoms. The lowest BCUT2D eigenvalue weighted by atomic mass is 10.2. The van der Waals surface area contributed by atoms with Crippen LogP contribution >= 0.6 is 24.0 Å². The van der Waals surface area contributed by atoms with Gasteiger partial charge < -0.3 is 14.8 Å². The Morgan fingerprint density at radius 1 is 1.20 bits per heavy atom. The predicted octanol–water partition coefficient (Wildman–Crippen LogP) is 5.73. The summed E-state index contributed by atoms with van der Waals surface area (Å²) in [6.45, 7) is 2.18. The number of nitrogens with zero attached hydrogens (tertiary/aromatic N) is 1. The van der Waals surface area contributed by atoms with Crippen LogP contribution in [-0.4, -0.2) is 41.3 Å². The molecule has 1 saturated heterocycles. The number of carbonyl (C=O) groups is 2. The van der Waals surface area contributed by atoms with Crippen LogP contribution in [-0.2, 0) is 15.8 Å². The highest BCUT2D eigenvalue weighted by atomic mass is 32.2. The van der Waals surface area contributed by atoms with Crippen molar-refractivity contribution in [3.63, 3.8) is 0 Å². The molecule has 0 bridgehead atoms. The normalized spacial score (nSPS) is 15.0. The van der Waals surface area contributed by atoms with Crippen LogP contribution in [0.4, 0.5) is 18.9 Å². The van der Waals surface area contributed by atoms with Gasteiger partial charge in [-0.1, -0.05) is 49.5 Å². The van der Waals surface area contributed by atoms with E-state index in [9.17, 15) is 22.8 Å². The minimum atomic E-state index is -4.51. The molecule has 1 aliphatic heterocycles. The predicted molar refractivity (Wildman–Crippen MR) is 133 cm³/mol. The number of anilines is 1. The number of hydrogen-bond donors (Lipinski definition) is 1. The molecule has 2 aromatic carbocycles.